The molecule has 0 amide bonds. The van der Waals surface area contributed by atoms with Crippen molar-refractivity contribution in [1.82, 2.24) is 0 Å². The smallest absolute Gasteiger partial charge is 0.460 e. The summed E-state index contributed by atoms with van der Waals surface area (Å²) in [5.41, 5.74) is 0. The van der Waals surface area contributed by atoms with E-state index in [4.69, 9.17) is 5.11 Å². The lowest BCUT2D eigenvalue weighted by molar-refractivity contribution is -0.391. The van der Waals surface area contributed by atoms with Gasteiger partial charge in [-0.2, -0.15) is 39.5 Å². The second kappa shape index (κ2) is 4.56. The first kappa shape index (κ1) is 17.5. The average Bonchev–Trinajstić information content (AvgIpc) is 2.13. The van der Waals surface area contributed by atoms with Crippen molar-refractivity contribution in [2.45, 2.75) is 23.9 Å². The van der Waals surface area contributed by atoms with Crippen molar-refractivity contribution >= 4 is 5.97 Å². The monoisotopic (exact) mass is 308 g/mol. The summed E-state index contributed by atoms with van der Waals surface area (Å²) in [4.78, 5) is 9.73. The molecule has 0 saturated carbocycles. The SMILES string of the molecule is O=C(O)C=C(F)C(F)(F)C(F)(F)C(F)(F)C(F)(F)F. The fourth-order valence-corrected chi connectivity index (χ4v) is 0.724. The van der Waals surface area contributed by atoms with Crippen molar-refractivity contribution in [2.24, 2.45) is 0 Å². The lowest BCUT2D eigenvalue weighted by atomic mass is 10.0. The van der Waals surface area contributed by atoms with Crippen LogP contribution in [0.2, 0.25) is 0 Å². The van der Waals surface area contributed by atoms with Crippen LogP contribution >= 0.6 is 0 Å². The van der Waals surface area contributed by atoms with Crippen molar-refractivity contribution in [2.75, 3.05) is 0 Å². The number of carboxylic acid groups (broad SMARTS) is 1. The van der Waals surface area contributed by atoms with E-state index in [0.717, 1.165) is 0 Å². The van der Waals surface area contributed by atoms with E-state index in [1.165, 1.54) is 0 Å². The van der Waals surface area contributed by atoms with Gasteiger partial charge in [0, 0.05) is 0 Å². The van der Waals surface area contributed by atoms with Crippen LogP contribution in [-0.2, 0) is 4.79 Å². The van der Waals surface area contributed by atoms with E-state index in [-0.39, 0.29) is 0 Å². The largest absolute Gasteiger partial charge is 0.478 e. The first-order valence-electron chi connectivity index (χ1n) is 3.89. The van der Waals surface area contributed by atoms with Crippen molar-refractivity contribution in [3.8, 4) is 0 Å². The van der Waals surface area contributed by atoms with Crippen molar-refractivity contribution < 1.29 is 53.8 Å². The first-order valence-corrected chi connectivity index (χ1v) is 3.89. The van der Waals surface area contributed by atoms with Crippen LogP contribution in [0.3, 0.4) is 0 Å². The lowest BCUT2D eigenvalue weighted by Crippen LogP contribution is -2.61. The van der Waals surface area contributed by atoms with Crippen LogP contribution in [0.1, 0.15) is 0 Å². The van der Waals surface area contributed by atoms with Gasteiger partial charge in [0.25, 0.3) is 0 Å². The zero-order valence-electron chi connectivity index (χ0n) is 8.21. The van der Waals surface area contributed by atoms with E-state index >= 15 is 0 Å². The Kier molecular flexibility index (Phi) is 4.20. The number of aliphatic carboxylic acids is 1. The molecular weight excluding hydrogens is 306 g/mol. The molecule has 0 aliphatic carbocycles. The summed E-state index contributed by atoms with van der Waals surface area (Å²) in [6.07, 6.45) is -8.34. The van der Waals surface area contributed by atoms with Gasteiger partial charge in [0.05, 0.1) is 6.08 Å². The van der Waals surface area contributed by atoms with Crippen molar-refractivity contribution in [1.29, 1.82) is 0 Å². The van der Waals surface area contributed by atoms with Crippen LogP contribution in [-0.4, -0.2) is 35.0 Å². The van der Waals surface area contributed by atoms with Crippen LogP contribution in [0.25, 0.3) is 0 Å². The fourth-order valence-electron chi connectivity index (χ4n) is 0.724. The number of halogens is 10. The van der Waals surface area contributed by atoms with Crippen LogP contribution < -0.4 is 0 Å². The summed E-state index contributed by atoms with van der Waals surface area (Å²) in [7, 11) is 0. The van der Waals surface area contributed by atoms with Gasteiger partial charge in [0.15, 0.2) is 5.83 Å². The minimum atomic E-state index is -7.27. The zero-order chi connectivity index (χ0) is 15.9. The van der Waals surface area contributed by atoms with Gasteiger partial charge in [-0.05, 0) is 0 Å². The van der Waals surface area contributed by atoms with Gasteiger partial charge in [-0.3, -0.25) is 0 Å². The second-order valence-electron chi connectivity index (χ2n) is 3.05. The Morgan fingerprint density at radius 3 is 1.47 bits per heavy atom. The number of rotatable bonds is 4. The molecule has 2 nitrogen and oxygen atoms in total. The molecule has 112 valence electrons. The predicted octanol–water partition coefficient (Wildman–Crippen LogP) is 3.39. The highest BCUT2D eigenvalue weighted by Gasteiger charge is 2.82. The number of hydrogen-bond acceptors (Lipinski definition) is 1. The highest BCUT2D eigenvalue weighted by atomic mass is 19.4. The molecule has 0 aromatic heterocycles. The lowest BCUT2D eigenvalue weighted by Gasteiger charge is -2.32. The van der Waals surface area contributed by atoms with Gasteiger partial charge in [0.1, 0.15) is 0 Å². The van der Waals surface area contributed by atoms with E-state index in [1.807, 2.05) is 0 Å². The molecule has 12 heteroatoms. The highest BCUT2D eigenvalue weighted by Crippen LogP contribution is 2.55. The third-order valence-corrected chi connectivity index (χ3v) is 1.69. The molecule has 0 heterocycles. The van der Waals surface area contributed by atoms with Crippen LogP contribution in [0.5, 0.6) is 0 Å². The molecule has 0 aliphatic heterocycles. The van der Waals surface area contributed by atoms with Crippen LogP contribution in [0.4, 0.5) is 43.9 Å². The molecule has 0 atom stereocenters. The molecule has 0 aromatic carbocycles. The van der Waals surface area contributed by atoms with E-state index in [1.54, 1.807) is 0 Å². The van der Waals surface area contributed by atoms with Gasteiger partial charge in [0.2, 0.25) is 0 Å². The Bertz CT molecular complexity index is 393. The summed E-state index contributed by atoms with van der Waals surface area (Å²) >= 11 is 0. The van der Waals surface area contributed by atoms with E-state index in [9.17, 15) is 48.7 Å². The maximum atomic E-state index is 12.5. The molecule has 0 bridgehead atoms. The second-order valence-corrected chi connectivity index (χ2v) is 3.05. The summed E-state index contributed by atoms with van der Waals surface area (Å²) in [5.74, 6) is -27.4. The fraction of sp³-hybridized carbons (Fsp3) is 0.571. The first-order chi connectivity index (χ1) is 8.09. The molecule has 0 rings (SSSR count). The Labute approximate surface area is 96.9 Å². The van der Waals surface area contributed by atoms with Crippen molar-refractivity contribution in [3.05, 3.63) is 11.9 Å². The third-order valence-electron chi connectivity index (χ3n) is 1.69. The minimum absolute atomic E-state index is 1.25. The average molecular weight is 308 g/mol. The molecule has 0 radical (unpaired) electrons. The molecule has 0 spiro atoms. The molecule has 0 saturated heterocycles. The summed E-state index contributed by atoms with van der Waals surface area (Å²) in [6, 6.07) is 0. The standard InChI is InChI=1S/C7H2F10O2/c8-2(1-3(18)19)4(9,10)5(11,12)6(13,14)7(15,16)17/h1H,(H,18,19). The van der Waals surface area contributed by atoms with Crippen molar-refractivity contribution in [3.63, 3.8) is 0 Å². The zero-order valence-corrected chi connectivity index (χ0v) is 8.21. The number of hydrogen-bond donors (Lipinski definition) is 1. The molecule has 0 aliphatic rings. The molecule has 19 heavy (non-hydrogen) atoms. The Morgan fingerprint density at radius 1 is 0.842 bits per heavy atom. The van der Waals surface area contributed by atoms with Gasteiger partial charge < -0.3 is 5.11 Å². The summed E-state index contributed by atoms with van der Waals surface area (Å²) in [6.45, 7) is 0. The van der Waals surface area contributed by atoms with E-state index < -0.39 is 41.8 Å². The van der Waals surface area contributed by atoms with Gasteiger partial charge in [-0.25, -0.2) is 9.18 Å². The Balaban J connectivity index is 5.84. The van der Waals surface area contributed by atoms with Gasteiger partial charge in [-0.1, -0.05) is 0 Å². The van der Waals surface area contributed by atoms with Crippen LogP contribution in [0, 0.1) is 0 Å². The molecule has 0 fully saturated rings. The van der Waals surface area contributed by atoms with Crippen LogP contribution in [0.15, 0.2) is 11.9 Å². The van der Waals surface area contributed by atoms with E-state index in [0.29, 0.717) is 0 Å². The third kappa shape index (κ3) is 2.76. The molecule has 0 unspecified atom stereocenters. The molecule has 0 aromatic rings. The Morgan fingerprint density at radius 2 is 1.21 bits per heavy atom. The van der Waals surface area contributed by atoms with Gasteiger partial charge in [-0.15, -0.1) is 0 Å². The summed E-state index contributed by atoms with van der Waals surface area (Å²) in [5, 5.41) is 7.77. The quantitative estimate of drug-likeness (QED) is 0.638. The van der Waals surface area contributed by atoms with E-state index in [2.05, 4.69) is 0 Å². The number of carbonyl (C=O) groups is 1. The normalized spacial score (nSPS) is 15.6. The number of carboxylic acids is 1. The maximum absolute atomic E-state index is 12.5. The Hall–Kier alpha value is -1.49. The summed E-state index contributed by atoms with van der Waals surface area (Å²) < 4.78 is 122. The minimum Gasteiger partial charge on any atom is -0.478 e. The number of alkyl halides is 9. The maximum Gasteiger partial charge on any atom is 0.460 e. The topological polar surface area (TPSA) is 37.3 Å². The highest BCUT2D eigenvalue weighted by molar-refractivity contribution is 5.80. The number of allylic oxidation sites excluding steroid dienone is 1. The molecule has 1 N–H and O–H groups in total. The predicted molar refractivity (Wildman–Crippen MR) is 37.7 cm³/mol. The van der Waals surface area contributed by atoms with Gasteiger partial charge >= 0.3 is 29.9 Å². The molecular formula is C7H2F10O2.